The van der Waals surface area contributed by atoms with E-state index in [-0.39, 0.29) is 12.7 Å². The number of hydrazine groups is 1. The maximum atomic E-state index is 15.0. The fourth-order valence-electron chi connectivity index (χ4n) is 7.30. The van der Waals surface area contributed by atoms with Crippen molar-refractivity contribution in [2.24, 2.45) is 17.8 Å². The van der Waals surface area contributed by atoms with Crippen LogP contribution < -0.4 is 16.2 Å². The molecule has 6 rings (SSSR count). The third kappa shape index (κ3) is 4.47. The van der Waals surface area contributed by atoms with Gasteiger partial charge < -0.3 is 5.32 Å². The topological polar surface area (TPSA) is 55.5 Å². The lowest BCUT2D eigenvalue weighted by Crippen LogP contribution is -2.55. The molecule has 0 bridgehead atoms. The molecule has 3 aliphatic heterocycles. The van der Waals surface area contributed by atoms with Crippen molar-refractivity contribution in [1.82, 2.24) is 25.6 Å². The van der Waals surface area contributed by atoms with Gasteiger partial charge in [0.15, 0.2) is 0 Å². The molecule has 5 aliphatic rings. The summed E-state index contributed by atoms with van der Waals surface area (Å²) in [5.41, 5.74) is 7.17. The predicted molar refractivity (Wildman–Crippen MR) is 130 cm³/mol. The highest BCUT2D eigenvalue weighted by atomic mass is 19.1. The van der Waals surface area contributed by atoms with E-state index in [1.54, 1.807) is 0 Å². The molecule has 188 valence electrons. The monoisotopic (exact) mass is 474 g/mol. The van der Waals surface area contributed by atoms with E-state index in [1.165, 1.54) is 18.4 Å². The summed E-state index contributed by atoms with van der Waals surface area (Å²) in [5, 5.41) is 3.53. The first-order chi connectivity index (χ1) is 16.5. The number of anilines is 1. The van der Waals surface area contributed by atoms with Gasteiger partial charge in [-0.2, -0.15) is 0 Å². The second-order valence-electron chi connectivity index (χ2n) is 11.7. The first kappa shape index (κ1) is 23.1. The molecule has 34 heavy (non-hydrogen) atoms. The molecule has 1 aromatic heterocycles. The smallest absolute Gasteiger partial charge is 0.126 e. The number of likely N-dealkylation sites (tertiary alicyclic amines) is 2. The minimum absolute atomic E-state index is 0.241. The van der Waals surface area contributed by atoms with Crippen LogP contribution in [0.2, 0.25) is 0 Å². The highest BCUT2D eigenvalue weighted by molar-refractivity contribution is 5.38. The average Bonchev–Trinajstić information content (AvgIpc) is 3.33. The van der Waals surface area contributed by atoms with Crippen LogP contribution in [0, 0.1) is 17.8 Å². The third-order valence-electron chi connectivity index (χ3n) is 9.30. The Morgan fingerprint density at radius 2 is 2.03 bits per heavy atom. The van der Waals surface area contributed by atoms with Crippen LogP contribution in [0.5, 0.6) is 0 Å². The van der Waals surface area contributed by atoms with Gasteiger partial charge in [0.1, 0.15) is 11.5 Å². The second kappa shape index (κ2) is 9.26. The van der Waals surface area contributed by atoms with Gasteiger partial charge in [-0.3, -0.25) is 25.0 Å². The Balaban J connectivity index is 1.18. The molecule has 1 aromatic rings. The Labute approximate surface area is 202 Å². The van der Waals surface area contributed by atoms with Crippen LogP contribution in [-0.4, -0.2) is 78.0 Å². The zero-order chi connectivity index (χ0) is 23.3. The molecule has 2 aliphatic carbocycles. The maximum Gasteiger partial charge on any atom is 0.126 e. The van der Waals surface area contributed by atoms with Crippen molar-refractivity contribution in [2.75, 3.05) is 44.7 Å². The fourth-order valence-corrected chi connectivity index (χ4v) is 7.30. The van der Waals surface area contributed by atoms with Crippen molar-refractivity contribution >= 4 is 5.82 Å². The van der Waals surface area contributed by atoms with E-state index >= 15 is 4.39 Å². The van der Waals surface area contributed by atoms with Crippen LogP contribution in [-0.2, 0) is 0 Å². The molecule has 2 saturated carbocycles. The van der Waals surface area contributed by atoms with Gasteiger partial charge in [-0.25, -0.2) is 9.37 Å². The molecule has 4 unspecified atom stereocenters. The van der Waals surface area contributed by atoms with E-state index in [0.29, 0.717) is 61.7 Å². The number of piperidine rings is 1. The number of pyridine rings is 1. The Morgan fingerprint density at radius 1 is 1.18 bits per heavy atom. The predicted octanol–water partition coefficient (Wildman–Crippen LogP) is 3.29. The van der Waals surface area contributed by atoms with Crippen molar-refractivity contribution in [1.29, 1.82) is 0 Å². The molecule has 3 saturated heterocycles. The van der Waals surface area contributed by atoms with Crippen LogP contribution in [0.3, 0.4) is 0 Å². The maximum absolute atomic E-state index is 15.0. The normalized spacial score (nSPS) is 37.6. The summed E-state index contributed by atoms with van der Waals surface area (Å²) in [6, 6.07) is 5.92. The van der Waals surface area contributed by atoms with E-state index in [1.807, 2.05) is 6.20 Å². The summed E-state index contributed by atoms with van der Waals surface area (Å²) < 4.78 is 27.4. The Hall–Kier alpha value is -1.35. The molecule has 6 nitrogen and oxygen atoms in total. The summed E-state index contributed by atoms with van der Waals surface area (Å²) in [7, 11) is 0. The number of rotatable bonds is 8. The molecule has 0 radical (unpaired) electrons. The lowest BCUT2D eigenvalue weighted by atomic mass is 9.62. The lowest BCUT2D eigenvalue weighted by Gasteiger charge is -2.54. The molecule has 0 aromatic carbocycles. The number of hydrogen-bond donors (Lipinski definition) is 3. The van der Waals surface area contributed by atoms with Crippen LogP contribution in [0.15, 0.2) is 18.3 Å². The minimum atomic E-state index is -0.986. The van der Waals surface area contributed by atoms with E-state index < -0.39 is 5.67 Å². The van der Waals surface area contributed by atoms with Crippen molar-refractivity contribution in [2.45, 2.75) is 75.3 Å². The fraction of sp³-hybridized carbons (Fsp3) is 0.808. The zero-order valence-corrected chi connectivity index (χ0v) is 20.4. The second-order valence-corrected chi connectivity index (χ2v) is 11.7. The summed E-state index contributed by atoms with van der Waals surface area (Å²) in [4.78, 5) is 9.57. The summed E-state index contributed by atoms with van der Waals surface area (Å²) >= 11 is 0. The van der Waals surface area contributed by atoms with E-state index in [9.17, 15) is 4.39 Å². The van der Waals surface area contributed by atoms with Gasteiger partial charge in [0.05, 0.1) is 12.7 Å². The molecule has 6 atom stereocenters. The third-order valence-corrected chi connectivity index (χ3v) is 9.30. The van der Waals surface area contributed by atoms with Crippen LogP contribution in [0.4, 0.5) is 14.6 Å². The standard InChI is InChI=1S/C26H40F2N6/c1-17-11-21-20(4-5-23-22(21)13-30-32-23)25(34(17)16-26(28)7-8-26)18-3-6-24(29-12-18)31-19-14-33(15-19)10-2-9-27/h3,6,12,17,19-23,25,30,32H,2,4-5,7-11,13-16H2,1H3,(H,29,31)/t17-,20?,21?,22?,23?,25-/m1/s1. The molecular weight excluding hydrogens is 434 g/mol. The first-order valence-electron chi connectivity index (χ1n) is 13.5. The SMILES string of the molecule is C[C@@H]1CC2C3CNNC3CCC2[C@@H](c2ccc(NC3CN(CCCF)C3)nc2)N1CC1(F)CC1. The number of aromatic nitrogens is 1. The van der Waals surface area contributed by atoms with Crippen molar-refractivity contribution < 1.29 is 8.78 Å². The van der Waals surface area contributed by atoms with E-state index in [0.717, 1.165) is 38.4 Å². The average molecular weight is 475 g/mol. The highest BCUT2D eigenvalue weighted by Crippen LogP contribution is 2.53. The Bertz CT molecular complexity index is 842. The molecule has 3 N–H and O–H groups in total. The first-order valence-corrected chi connectivity index (χ1v) is 13.5. The van der Waals surface area contributed by atoms with Crippen LogP contribution in [0.1, 0.15) is 57.1 Å². The van der Waals surface area contributed by atoms with Crippen LogP contribution >= 0.6 is 0 Å². The van der Waals surface area contributed by atoms with E-state index in [4.69, 9.17) is 4.98 Å². The van der Waals surface area contributed by atoms with E-state index in [2.05, 4.69) is 45.0 Å². The number of nitrogens with zero attached hydrogens (tertiary/aromatic N) is 3. The Kier molecular flexibility index (Phi) is 6.29. The van der Waals surface area contributed by atoms with Gasteiger partial charge in [0, 0.05) is 57.0 Å². The summed E-state index contributed by atoms with van der Waals surface area (Å²) in [6.07, 6.45) is 7.61. The van der Waals surface area contributed by atoms with Gasteiger partial charge in [-0.05, 0) is 74.8 Å². The molecule has 0 spiro atoms. The summed E-state index contributed by atoms with van der Waals surface area (Å²) in [5.74, 6) is 2.79. The van der Waals surface area contributed by atoms with Crippen molar-refractivity contribution in [3.8, 4) is 0 Å². The van der Waals surface area contributed by atoms with Gasteiger partial charge in [-0.1, -0.05) is 6.07 Å². The van der Waals surface area contributed by atoms with Gasteiger partial charge in [-0.15, -0.1) is 0 Å². The van der Waals surface area contributed by atoms with Gasteiger partial charge in [0.2, 0.25) is 0 Å². The number of halogens is 2. The van der Waals surface area contributed by atoms with Crippen molar-refractivity contribution in [3.63, 3.8) is 0 Å². The van der Waals surface area contributed by atoms with Crippen LogP contribution in [0.25, 0.3) is 0 Å². The molecule has 4 heterocycles. The molecule has 5 fully saturated rings. The highest BCUT2D eigenvalue weighted by Gasteiger charge is 2.53. The molecule has 0 amide bonds. The number of alkyl halides is 2. The largest absolute Gasteiger partial charge is 0.365 e. The van der Waals surface area contributed by atoms with Crippen molar-refractivity contribution in [3.05, 3.63) is 23.9 Å². The lowest BCUT2D eigenvalue weighted by molar-refractivity contribution is -0.0502. The summed E-state index contributed by atoms with van der Waals surface area (Å²) in [6.45, 7) is 6.40. The minimum Gasteiger partial charge on any atom is -0.365 e. The number of hydrogen-bond acceptors (Lipinski definition) is 6. The van der Waals surface area contributed by atoms with Gasteiger partial charge in [0.25, 0.3) is 0 Å². The van der Waals surface area contributed by atoms with Gasteiger partial charge >= 0.3 is 0 Å². The zero-order valence-electron chi connectivity index (χ0n) is 20.4. The molecule has 8 heteroatoms. The quantitative estimate of drug-likeness (QED) is 0.538. The number of nitrogens with one attached hydrogen (secondary N) is 3. The number of fused-ring (bicyclic) bond motifs is 3. The molecular formula is C26H40F2N6. The Morgan fingerprint density at radius 3 is 2.76 bits per heavy atom.